The van der Waals surface area contributed by atoms with E-state index in [0.29, 0.717) is 11.1 Å². The zero-order valence-corrected chi connectivity index (χ0v) is 16.9. The number of aryl methyl sites for hydroxylation is 1. The number of allylic oxidation sites excluding steroid dienone is 1. The van der Waals surface area contributed by atoms with Gasteiger partial charge >= 0.3 is 5.97 Å². The number of ether oxygens (including phenoxy) is 2. The zero-order valence-electron chi connectivity index (χ0n) is 16.9. The maximum Gasteiger partial charge on any atom is 0.333 e. The Bertz CT molecular complexity index is 732. The number of carbonyl (C=O) groups is 1. The van der Waals surface area contributed by atoms with Crippen molar-refractivity contribution in [3.05, 3.63) is 41.5 Å². The molecule has 150 valence electrons. The lowest BCUT2D eigenvalue weighted by molar-refractivity contribution is -0.145. The van der Waals surface area contributed by atoms with Gasteiger partial charge in [0.25, 0.3) is 0 Å². The Morgan fingerprint density at radius 2 is 1.89 bits per heavy atom. The van der Waals surface area contributed by atoms with E-state index in [1.165, 1.54) is 7.11 Å². The van der Waals surface area contributed by atoms with Crippen LogP contribution in [0, 0.1) is 6.92 Å². The van der Waals surface area contributed by atoms with Gasteiger partial charge in [0, 0.05) is 24.7 Å². The molecular formula is C21H30O6. The first-order valence-corrected chi connectivity index (χ1v) is 8.74. The monoisotopic (exact) mass is 378 g/mol. The zero-order chi connectivity index (χ0) is 20.9. The minimum Gasteiger partial charge on any atom is -0.504 e. The maximum atomic E-state index is 12.3. The summed E-state index contributed by atoms with van der Waals surface area (Å²) in [7, 11) is 1.48. The van der Waals surface area contributed by atoms with Crippen molar-refractivity contribution >= 4 is 11.5 Å². The van der Waals surface area contributed by atoms with E-state index in [1.807, 2.05) is 0 Å². The topological polar surface area (TPSA) is 96.2 Å². The highest BCUT2D eigenvalue weighted by molar-refractivity contribution is 5.89. The van der Waals surface area contributed by atoms with Gasteiger partial charge in [-0.3, -0.25) is 0 Å². The van der Waals surface area contributed by atoms with E-state index in [-0.39, 0.29) is 29.1 Å². The molecule has 6 heteroatoms. The molecule has 0 aromatic heterocycles. The molecule has 0 spiro atoms. The molecule has 0 aliphatic carbocycles. The molecule has 27 heavy (non-hydrogen) atoms. The Hall–Kier alpha value is -2.31. The minimum atomic E-state index is -0.968. The van der Waals surface area contributed by atoms with Crippen LogP contribution in [0.4, 0.5) is 0 Å². The number of esters is 1. The van der Waals surface area contributed by atoms with Crippen molar-refractivity contribution in [2.75, 3.05) is 7.11 Å². The van der Waals surface area contributed by atoms with Gasteiger partial charge in [0.1, 0.15) is 6.10 Å². The van der Waals surface area contributed by atoms with Gasteiger partial charge in [-0.2, -0.15) is 0 Å². The van der Waals surface area contributed by atoms with Gasteiger partial charge in [0.15, 0.2) is 11.5 Å². The molecule has 0 heterocycles. The number of benzene rings is 1. The van der Waals surface area contributed by atoms with Crippen LogP contribution >= 0.6 is 0 Å². The number of aromatic hydroxyl groups is 2. The number of aliphatic hydroxyl groups excluding tert-OH is 1. The van der Waals surface area contributed by atoms with Crippen molar-refractivity contribution < 1.29 is 29.6 Å². The maximum absolute atomic E-state index is 12.3. The first kappa shape index (κ1) is 22.7. The molecule has 0 fully saturated rings. The van der Waals surface area contributed by atoms with Crippen LogP contribution in [-0.4, -0.2) is 46.2 Å². The highest BCUT2D eigenvalue weighted by atomic mass is 16.5. The van der Waals surface area contributed by atoms with E-state index >= 15 is 0 Å². The molecule has 0 amide bonds. The number of hydrogen-bond acceptors (Lipinski definition) is 6. The average Bonchev–Trinajstić information content (AvgIpc) is 2.64. The Labute approximate surface area is 160 Å². The molecular weight excluding hydrogens is 348 g/mol. The molecule has 0 saturated heterocycles. The number of phenolic OH excluding ortho intramolecular Hbond substituents is 2. The summed E-state index contributed by atoms with van der Waals surface area (Å²) < 4.78 is 10.8. The summed E-state index contributed by atoms with van der Waals surface area (Å²) in [5.41, 5.74) is 0.549. The van der Waals surface area contributed by atoms with Crippen molar-refractivity contribution in [1.82, 2.24) is 0 Å². The lowest BCUT2D eigenvalue weighted by Crippen LogP contribution is -2.41. The summed E-state index contributed by atoms with van der Waals surface area (Å²) in [5, 5.41) is 30.8. The lowest BCUT2D eigenvalue weighted by Gasteiger charge is -2.32. The normalized spacial score (nSPS) is 14.6. The van der Waals surface area contributed by atoms with Gasteiger partial charge in [-0.15, -0.1) is 0 Å². The molecule has 0 aliphatic heterocycles. The molecule has 1 aromatic rings. The predicted molar refractivity (Wildman–Crippen MR) is 105 cm³/mol. The average molecular weight is 378 g/mol. The van der Waals surface area contributed by atoms with Gasteiger partial charge in [0.2, 0.25) is 0 Å². The quantitative estimate of drug-likeness (QED) is 0.364. The number of methoxy groups -OCH3 is 1. The summed E-state index contributed by atoms with van der Waals surface area (Å²) in [6, 6.07) is 3.21. The highest BCUT2D eigenvalue weighted by Crippen LogP contribution is 2.38. The van der Waals surface area contributed by atoms with Gasteiger partial charge in [-0.25, -0.2) is 4.79 Å². The summed E-state index contributed by atoms with van der Waals surface area (Å²) in [5.74, 6) is -1.16. The van der Waals surface area contributed by atoms with Gasteiger partial charge in [-0.1, -0.05) is 24.8 Å². The van der Waals surface area contributed by atoms with Crippen molar-refractivity contribution in [3.8, 4) is 11.5 Å². The number of aliphatic hydroxyl groups is 1. The number of phenols is 2. The van der Waals surface area contributed by atoms with Crippen molar-refractivity contribution in [1.29, 1.82) is 0 Å². The van der Waals surface area contributed by atoms with E-state index in [2.05, 4.69) is 6.58 Å². The molecule has 3 N–H and O–H groups in total. The summed E-state index contributed by atoms with van der Waals surface area (Å²) >= 11 is 0. The van der Waals surface area contributed by atoms with Crippen LogP contribution in [-0.2, 0) is 14.3 Å². The van der Waals surface area contributed by atoms with E-state index in [9.17, 15) is 20.1 Å². The number of carbonyl (C=O) groups excluding carboxylic acids is 1. The van der Waals surface area contributed by atoms with Crippen molar-refractivity contribution in [2.24, 2.45) is 0 Å². The second kappa shape index (κ2) is 9.06. The van der Waals surface area contributed by atoms with Crippen LogP contribution < -0.4 is 0 Å². The number of rotatable bonds is 8. The Balaban J connectivity index is 3.26. The first-order valence-electron chi connectivity index (χ1n) is 8.74. The fourth-order valence-electron chi connectivity index (χ4n) is 2.34. The third kappa shape index (κ3) is 5.34. The second-order valence-corrected chi connectivity index (χ2v) is 7.08. The van der Waals surface area contributed by atoms with E-state index in [1.54, 1.807) is 52.8 Å². The fraction of sp³-hybridized carbons (Fsp3) is 0.476. The van der Waals surface area contributed by atoms with E-state index in [4.69, 9.17) is 9.47 Å². The van der Waals surface area contributed by atoms with Gasteiger partial charge < -0.3 is 24.8 Å². The Morgan fingerprint density at radius 3 is 2.41 bits per heavy atom. The molecule has 1 rings (SSSR count). The summed E-state index contributed by atoms with van der Waals surface area (Å²) in [4.78, 5) is 12.3. The molecule has 2 unspecified atom stereocenters. The molecule has 1 aromatic carbocycles. The second-order valence-electron chi connectivity index (χ2n) is 7.08. The summed E-state index contributed by atoms with van der Waals surface area (Å²) in [6.07, 6.45) is -0.266. The van der Waals surface area contributed by atoms with Gasteiger partial charge in [-0.05, 0) is 45.8 Å². The van der Waals surface area contributed by atoms with Crippen LogP contribution in [0.3, 0.4) is 0 Å². The predicted octanol–water partition coefficient (Wildman–Crippen LogP) is 3.47. The molecule has 0 radical (unpaired) electrons. The van der Waals surface area contributed by atoms with Crippen LogP contribution in [0.25, 0.3) is 5.57 Å². The SMILES string of the molecule is C=C(c1ccc(C)c(O)c1O)C(CC(O)C(C)(C)OC)OC(=O)C(C)=CC. The van der Waals surface area contributed by atoms with Crippen LogP contribution in [0.15, 0.2) is 30.4 Å². The number of hydrogen-bond donors (Lipinski definition) is 3. The van der Waals surface area contributed by atoms with Crippen molar-refractivity contribution in [3.63, 3.8) is 0 Å². The van der Waals surface area contributed by atoms with Gasteiger partial charge in [0.05, 0.1) is 11.7 Å². The third-order valence-corrected chi connectivity index (χ3v) is 4.86. The molecule has 0 saturated carbocycles. The molecule has 0 aliphatic rings. The minimum absolute atomic E-state index is 0.0104. The van der Waals surface area contributed by atoms with Crippen LogP contribution in [0.5, 0.6) is 11.5 Å². The Morgan fingerprint density at radius 1 is 1.30 bits per heavy atom. The lowest BCUT2D eigenvalue weighted by atomic mass is 9.90. The van der Waals surface area contributed by atoms with Crippen LogP contribution in [0.1, 0.15) is 45.2 Å². The van der Waals surface area contributed by atoms with Crippen LogP contribution in [0.2, 0.25) is 0 Å². The van der Waals surface area contributed by atoms with E-state index in [0.717, 1.165) is 0 Å². The highest BCUT2D eigenvalue weighted by Gasteiger charge is 2.33. The smallest absolute Gasteiger partial charge is 0.333 e. The Kier molecular flexibility index (Phi) is 7.63. The molecule has 2 atom stereocenters. The first-order chi connectivity index (χ1) is 12.5. The molecule has 0 bridgehead atoms. The largest absolute Gasteiger partial charge is 0.504 e. The van der Waals surface area contributed by atoms with E-state index < -0.39 is 23.8 Å². The van der Waals surface area contributed by atoms with Crippen molar-refractivity contribution in [2.45, 2.75) is 58.8 Å². The third-order valence-electron chi connectivity index (χ3n) is 4.86. The standard InChI is InChI=1S/C21H30O6/c1-8-12(2)20(25)27-16(11-17(22)21(5,6)26-7)14(4)15-10-9-13(3)18(23)19(15)24/h8-10,16-17,22-24H,4,11H2,1-3,5-7H3. The summed E-state index contributed by atoms with van der Waals surface area (Å²) in [6.45, 7) is 12.3. The fourth-order valence-corrected chi connectivity index (χ4v) is 2.34. The molecule has 6 nitrogen and oxygen atoms in total.